The number of aliphatic hydroxyl groups excluding tert-OH is 1. The number of aliphatic hydroxyl groups is 1. The van der Waals surface area contributed by atoms with Crippen LogP contribution in [0, 0.1) is 0 Å². The maximum Gasteiger partial charge on any atom is 0.192 e. The van der Waals surface area contributed by atoms with Gasteiger partial charge in [0.25, 0.3) is 0 Å². The van der Waals surface area contributed by atoms with E-state index in [4.69, 9.17) is 14.2 Å². The smallest absolute Gasteiger partial charge is 0.192 e. The molecule has 14 heavy (non-hydrogen) atoms. The lowest BCUT2D eigenvalue weighted by atomic mass is 9.96. The van der Waals surface area contributed by atoms with Crippen molar-refractivity contribution in [3.63, 3.8) is 0 Å². The summed E-state index contributed by atoms with van der Waals surface area (Å²) >= 11 is 0. The third-order valence-electron chi connectivity index (χ3n) is 2.96. The van der Waals surface area contributed by atoms with E-state index in [1.54, 1.807) is 0 Å². The van der Waals surface area contributed by atoms with Gasteiger partial charge in [-0.1, -0.05) is 6.92 Å². The molecule has 4 atom stereocenters. The molecule has 0 aromatic heterocycles. The third-order valence-corrected chi connectivity index (χ3v) is 2.96. The van der Waals surface area contributed by atoms with Gasteiger partial charge in [-0.3, -0.25) is 0 Å². The monoisotopic (exact) mass is 202 g/mol. The van der Waals surface area contributed by atoms with E-state index in [0.717, 1.165) is 6.42 Å². The first-order chi connectivity index (χ1) is 6.39. The Balaban J connectivity index is 2.21. The molecule has 0 aliphatic carbocycles. The Morgan fingerprint density at radius 2 is 1.93 bits per heavy atom. The molecule has 1 N–H and O–H groups in total. The highest BCUT2D eigenvalue weighted by Gasteiger charge is 2.62. The lowest BCUT2D eigenvalue weighted by Crippen LogP contribution is -2.45. The van der Waals surface area contributed by atoms with E-state index >= 15 is 0 Å². The lowest BCUT2D eigenvalue weighted by Gasteiger charge is -2.27. The molecule has 4 unspecified atom stereocenters. The van der Waals surface area contributed by atoms with Crippen molar-refractivity contribution < 1.29 is 19.3 Å². The van der Waals surface area contributed by atoms with Crippen LogP contribution in [0.2, 0.25) is 0 Å². The Bertz CT molecular complexity index is 240. The zero-order chi connectivity index (χ0) is 10.6. The molecule has 4 nitrogen and oxygen atoms in total. The Kier molecular flexibility index (Phi) is 2.16. The van der Waals surface area contributed by atoms with Gasteiger partial charge in [-0.05, 0) is 27.2 Å². The van der Waals surface area contributed by atoms with Crippen molar-refractivity contribution in [2.45, 2.75) is 64.0 Å². The Labute approximate surface area is 84.1 Å². The number of hydrogen-bond donors (Lipinski definition) is 1. The molecule has 0 amide bonds. The first kappa shape index (κ1) is 10.4. The normalized spacial score (nSPS) is 50.8. The maximum absolute atomic E-state index is 10.0. The predicted octanol–water partition coefficient (Wildman–Crippen LogP) is 1.02. The molecule has 82 valence electrons. The molecule has 0 saturated carbocycles. The minimum Gasteiger partial charge on any atom is -0.387 e. The summed E-state index contributed by atoms with van der Waals surface area (Å²) < 4.78 is 16.9. The van der Waals surface area contributed by atoms with E-state index in [0.29, 0.717) is 0 Å². The molecule has 0 aromatic carbocycles. The molecule has 2 aliphatic heterocycles. The largest absolute Gasteiger partial charge is 0.387 e. The zero-order valence-corrected chi connectivity index (χ0v) is 9.11. The van der Waals surface area contributed by atoms with E-state index in [1.807, 2.05) is 27.7 Å². The maximum atomic E-state index is 10.0. The molecular formula is C10H18O4. The van der Waals surface area contributed by atoms with Crippen LogP contribution in [0.5, 0.6) is 0 Å². The van der Waals surface area contributed by atoms with Crippen LogP contribution in [0.15, 0.2) is 0 Å². The van der Waals surface area contributed by atoms with Gasteiger partial charge in [-0.2, -0.15) is 0 Å². The molecule has 2 aliphatic rings. The summed E-state index contributed by atoms with van der Waals surface area (Å²) in [4.78, 5) is 0. The van der Waals surface area contributed by atoms with Gasteiger partial charge in [0.05, 0.1) is 6.10 Å². The predicted molar refractivity (Wildman–Crippen MR) is 49.6 cm³/mol. The Hall–Kier alpha value is -0.160. The molecule has 2 saturated heterocycles. The van der Waals surface area contributed by atoms with Crippen molar-refractivity contribution in [2.24, 2.45) is 0 Å². The van der Waals surface area contributed by atoms with Crippen molar-refractivity contribution in [1.82, 2.24) is 0 Å². The third kappa shape index (κ3) is 1.29. The fourth-order valence-corrected chi connectivity index (χ4v) is 2.26. The second kappa shape index (κ2) is 2.92. The lowest BCUT2D eigenvalue weighted by molar-refractivity contribution is -0.219. The molecular weight excluding hydrogens is 184 g/mol. The highest BCUT2D eigenvalue weighted by atomic mass is 16.8. The molecule has 2 fully saturated rings. The minimum absolute atomic E-state index is 0.180. The van der Waals surface area contributed by atoms with Gasteiger partial charge >= 0.3 is 0 Å². The fourth-order valence-electron chi connectivity index (χ4n) is 2.26. The van der Waals surface area contributed by atoms with Crippen molar-refractivity contribution >= 4 is 0 Å². The van der Waals surface area contributed by atoms with Crippen molar-refractivity contribution in [1.29, 1.82) is 0 Å². The van der Waals surface area contributed by atoms with Gasteiger partial charge in [0.1, 0.15) is 11.7 Å². The van der Waals surface area contributed by atoms with Crippen LogP contribution in [0.4, 0.5) is 0 Å². The van der Waals surface area contributed by atoms with Crippen LogP contribution in [-0.2, 0) is 14.2 Å². The van der Waals surface area contributed by atoms with Gasteiger partial charge in [0, 0.05) is 0 Å². The van der Waals surface area contributed by atoms with Crippen molar-refractivity contribution in [2.75, 3.05) is 0 Å². The Morgan fingerprint density at radius 3 is 2.43 bits per heavy atom. The van der Waals surface area contributed by atoms with Crippen molar-refractivity contribution in [3.8, 4) is 0 Å². The van der Waals surface area contributed by atoms with E-state index in [-0.39, 0.29) is 6.10 Å². The molecule has 0 radical (unpaired) electrons. The quantitative estimate of drug-likeness (QED) is 0.689. The van der Waals surface area contributed by atoms with E-state index < -0.39 is 23.8 Å². The molecule has 4 heteroatoms. The van der Waals surface area contributed by atoms with Crippen LogP contribution < -0.4 is 0 Å². The molecule has 0 bridgehead atoms. The summed E-state index contributed by atoms with van der Waals surface area (Å²) in [5.74, 6) is -0.668. The topological polar surface area (TPSA) is 47.9 Å². The SMILES string of the molecule is CCC1OC2OC(C)(C)OC2(C)C1O. The van der Waals surface area contributed by atoms with E-state index in [1.165, 1.54) is 0 Å². The Morgan fingerprint density at radius 1 is 1.29 bits per heavy atom. The average molecular weight is 202 g/mol. The van der Waals surface area contributed by atoms with Crippen LogP contribution in [-0.4, -0.2) is 35.0 Å². The molecule has 0 spiro atoms. The second-order valence-corrected chi connectivity index (χ2v) is 4.66. The molecule has 0 aromatic rings. The van der Waals surface area contributed by atoms with E-state index in [9.17, 15) is 5.11 Å². The summed E-state index contributed by atoms with van der Waals surface area (Å²) in [6.07, 6.45) is -0.474. The summed E-state index contributed by atoms with van der Waals surface area (Å²) in [6.45, 7) is 7.47. The first-order valence-electron chi connectivity index (χ1n) is 5.10. The number of rotatable bonds is 1. The van der Waals surface area contributed by atoms with Gasteiger partial charge in [0.15, 0.2) is 12.1 Å². The second-order valence-electron chi connectivity index (χ2n) is 4.66. The summed E-state index contributed by atoms with van der Waals surface area (Å²) in [5, 5.41) is 10.0. The summed E-state index contributed by atoms with van der Waals surface area (Å²) in [6, 6.07) is 0. The van der Waals surface area contributed by atoms with Gasteiger partial charge in [-0.15, -0.1) is 0 Å². The molecule has 2 heterocycles. The van der Waals surface area contributed by atoms with Crippen LogP contribution in [0.1, 0.15) is 34.1 Å². The average Bonchev–Trinajstić information content (AvgIpc) is 2.42. The van der Waals surface area contributed by atoms with Gasteiger partial charge in [0.2, 0.25) is 0 Å². The van der Waals surface area contributed by atoms with Crippen molar-refractivity contribution in [3.05, 3.63) is 0 Å². The number of hydrogen-bond acceptors (Lipinski definition) is 4. The number of ether oxygens (including phenoxy) is 3. The van der Waals surface area contributed by atoms with Crippen LogP contribution in [0.25, 0.3) is 0 Å². The van der Waals surface area contributed by atoms with Gasteiger partial charge in [-0.25, -0.2) is 0 Å². The minimum atomic E-state index is -0.718. The zero-order valence-electron chi connectivity index (χ0n) is 9.11. The molecule has 2 rings (SSSR count). The summed E-state index contributed by atoms with van der Waals surface area (Å²) in [5.41, 5.74) is -0.718. The van der Waals surface area contributed by atoms with Crippen LogP contribution in [0.3, 0.4) is 0 Å². The first-order valence-corrected chi connectivity index (χ1v) is 5.10. The van der Waals surface area contributed by atoms with Gasteiger partial charge < -0.3 is 19.3 Å². The summed E-state index contributed by atoms with van der Waals surface area (Å²) in [7, 11) is 0. The highest BCUT2D eigenvalue weighted by molar-refractivity contribution is 5.02. The van der Waals surface area contributed by atoms with E-state index in [2.05, 4.69) is 0 Å². The standard InChI is InChI=1S/C10H18O4/c1-5-6-7(11)10(4)8(12-6)13-9(2,3)14-10/h6-8,11H,5H2,1-4H3. The highest BCUT2D eigenvalue weighted by Crippen LogP contribution is 2.45. The number of fused-ring (bicyclic) bond motifs is 1. The fraction of sp³-hybridized carbons (Fsp3) is 1.00. The van der Waals surface area contributed by atoms with Crippen LogP contribution >= 0.6 is 0 Å².